The summed E-state index contributed by atoms with van der Waals surface area (Å²) in [7, 11) is 0. The molecule has 0 aliphatic heterocycles. The lowest BCUT2D eigenvalue weighted by Gasteiger charge is -2.00. The number of anilines is 1. The number of hydrogen-bond donors (Lipinski definition) is 2. The first-order valence-corrected chi connectivity index (χ1v) is 5.74. The van der Waals surface area contributed by atoms with Crippen molar-refractivity contribution in [3.8, 4) is 0 Å². The van der Waals surface area contributed by atoms with Gasteiger partial charge in [0.2, 0.25) is 0 Å². The van der Waals surface area contributed by atoms with Crippen LogP contribution >= 0.6 is 0 Å². The molecule has 0 amide bonds. The molecule has 20 heavy (non-hydrogen) atoms. The summed E-state index contributed by atoms with van der Waals surface area (Å²) in [6.07, 6.45) is 0. The highest BCUT2D eigenvalue weighted by Crippen LogP contribution is 2.22. The van der Waals surface area contributed by atoms with Crippen LogP contribution in [0.2, 0.25) is 0 Å². The number of nitrogen functional groups attached to an aromatic ring is 1. The van der Waals surface area contributed by atoms with Gasteiger partial charge >= 0.3 is 0 Å². The normalized spacial score (nSPS) is 11.4. The molecule has 2 aromatic heterocycles. The molecule has 0 unspecified atom stereocenters. The van der Waals surface area contributed by atoms with E-state index in [0.29, 0.717) is 5.69 Å². The molecule has 0 spiro atoms. The van der Waals surface area contributed by atoms with Crippen molar-refractivity contribution in [1.29, 1.82) is 0 Å². The summed E-state index contributed by atoms with van der Waals surface area (Å²) >= 11 is 0. The molecule has 100 valence electrons. The molecule has 0 radical (unpaired) electrons. The van der Waals surface area contributed by atoms with Crippen LogP contribution in [-0.2, 0) is 0 Å². The van der Waals surface area contributed by atoms with Gasteiger partial charge in [-0.15, -0.1) is 10.2 Å². The Labute approximate surface area is 112 Å². The fourth-order valence-corrected chi connectivity index (χ4v) is 1.68. The zero-order valence-corrected chi connectivity index (χ0v) is 10.5. The fraction of sp³-hybridized carbons (Fsp3) is 0.0909. The molecule has 0 aliphatic rings. The highest BCUT2D eigenvalue weighted by atomic mass is 16.1. The monoisotopic (exact) mass is 270 g/mol. The maximum absolute atomic E-state index is 11.9. The van der Waals surface area contributed by atoms with E-state index in [1.54, 1.807) is 6.07 Å². The summed E-state index contributed by atoms with van der Waals surface area (Å²) in [6, 6.07) is 7.41. The predicted molar refractivity (Wildman–Crippen MR) is 71.2 cm³/mol. The summed E-state index contributed by atoms with van der Waals surface area (Å²) in [5.74, 6) is 0.188. The summed E-state index contributed by atoms with van der Waals surface area (Å²) in [6.45, 7) is 1.90. The van der Waals surface area contributed by atoms with E-state index >= 15 is 0 Å². The van der Waals surface area contributed by atoms with E-state index in [-0.39, 0.29) is 17.3 Å². The lowest BCUT2D eigenvalue weighted by molar-refractivity contribution is 0.826. The first-order valence-electron chi connectivity index (χ1n) is 5.74. The molecule has 9 nitrogen and oxygen atoms in total. The molecule has 0 atom stereocenters. The predicted octanol–water partition coefficient (Wildman–Crippen LogP) is 1.12. The first kappa shape index (κ1) is 12.0. The number of azo groups is 1. The van der Waals surface area contributed by atoms with Crippen molar-refractivity contribution >= 4 is 23.0 Å². The summed E-state index contributed by atoms with van der Waals surface area (Å²) in [5, 5.41) is 18.6. The second kappa shape index (κ2) is 4.53. The van der Waals surface area contributed by atoms with Crippen molar-refractivity contribution < 1.29 is 0 Å². The number of rotatable bonds is 2. The van der Waals surface area contributed by atoms with Crippen molar-refractivity contribution in [2.75, 3.05) is 5.73 Å². The molecule has 2 heterocycles. The van der Waals surface area contributed by atoms with Crippen molar-refractivity contribution in [3.05, 3.63) is 40.2 Å². The first-order chi connectivity index (χ1) is 9.66. The van der Waals surface area contributed by atoms with Crippen LogP contribution in [0.3, 0.4) is 0 Å². The van der Waals surface area contributed by atoms with Gasteiger partial charge in [-0.2, -0.15) is 4.52 Å². The number of fused-ring (bicyclic) bond motifs is 1. The summed E-state index contributed by atoms with van der Waals surface area (Å²) in [4.78, 5) is 14.3. The second-order valence-electron chi connectivity index (χ2n) is 4.09. The Hall–Kier alpha value is -3.10. The molecule has 0 saturated carbocycles. The van der Waals surface area contributed by atoms with Gasteiger partial charge in [0, 0.05) is 0 Å². The van der Waals surface area contributed by atoms with E-state index in [1.165, 1.54) is 4.52 Å². The molecule has 3 N–H and O–H groups in total. The maximum atomic E-state index is 11.9. The Kier molecular flexibility index (Phi) is 2.71. The van der Waals surface area contributed by atoms with Gasteiger partial charge in [-0.25, -0.2) is 0 Å². The molecule has 3 rings (SSSR count). The van der Waals surface area contributed by atoms with E-state index < -0.39 is 5.56 Å². The van der Waals surface area contributed by atoms with Crippen LogP contribution in [-0.4, -0.2) is 25.0 Å². The highest BCUT2D eigenvalue weighted by Gasteiger charge is 2.11. The molecule has 0 bridgehead atoms. The Morgan fingerprint density at radius 1 is 1.30 bits per heavy atom. The Morgan fingerprint density at radius 2 is 2.10 bits per heavy atom. The molecule has 0 fully saturated rings. The number of nitrogens with zero attached hydrogens (tertiary/aromatic N) is 6. The van der Waals surface area contributed by atoms with Crippen LogP contribution in [0.1, 0.15) is 5.56 Å². The van der Waals surface area contributed by atoms with Gasteiger partial charge in [0.05, 0.1) is 5.69 Å². The van der Waals surface area contributed by atoms with Gasteiger partial charge in [-0.1, -0.05) is 23.3 Å². The number of H-pyrrole nitrogens is 1. The minimum atomic E-state index is -0.498. The minimum Gasteiger partial charge on any atom is -0.381 e. The quantitative estimate of drug-likeness (QED) is 0.674. The van der Waals surface area contributed by atoms with Gasteiger partial charge in [-0.3, -0.25) is 9.78 Å². The SMILES string of the molecule is Cc1ccccc1N=Nc1c(N)n2nnnc2[nH]c1=O. The van der Waals surface area contributed by atoms with E-state index in [9.17, 15) is 4.79 Å². The zero-order chi connectivity index (χ0) is 14.1. The number of hydrogen-bond acceptors (Lipinski definition) is 7. The lowest BCUT2D eigenvalue weighted by atomic mass is 10.2. The largest absolute Gasteiger partial charge is 0.381 e. The Balaban J connectivity index is 2.11. The van der Waals surface area contributed by atoms with Gasteiger partial charge in [-0.05, 0) is 29.0 Å². The smallest absolute Gasteiger partial charge is 0.282 e. The zero-order valence-electron chi connectivity index (χ0n) is 10.5. The summed E-state index contributed by atoms with van der Waals surface area (Å²) < 4.78 is 1.19. The van der Waals surface area contributed by atoms with Crippen LogP contribution in [0.15, 0.2) is 39.3 Å². The van der Waals surface area contributed by atoms with Crippen LogP contribution in [0.4, 0.5) is 17.2 Å². The number of nitrogens with two attached hydrogens (primary N) is 1. The maximum Gasteiger partial charge on any atom is 0.282 e. The van der Waals surface area contributed by atoms with Crippen molar-refractivity contribution in [1.82, 2.24) is 25.0 Å². The number of tetrazole rings is 1. The number of aromatic amines is 1. The van der Waals surface area contributed by atoms with Gasteiger partial charge in [0.25, 0.3) is 11.3 Å². The molecular weight excluding hydrogens is 260 g/mol. The second-order valence-corrected chi connectivity index (χ2v) is 4.09. The third-order valence-corrected chi connectivity index (χ3v) is 2.75. The summed E-state index contributed by atoms with van der Waals surface area (Å²) in [5.41, 5.74) is 6.88. The van der Waals surface area contributed by atoms with Crippen LogP contribution in [0.25, 0.3) is 5.78 Å². The average Bonchev–Trinajstić information content (AvgIpc) is 2.88. The molecule has 1 aromatic carbocycles. The third-order valence-electron chi connectivity index (χ3n) is 2.75. The van der Waals surface area contributed by atoms with E-state index in [2.05, 4.69) is 30.7 Å². The number of nitrogens with one attached hydrogen (secondary N) is 1. The standard InChI is InChI=1S/C11H10N8O/c1-6-4-2-3-5-7(6)14-15-8-9(12)19-11(13-10(8)20)16-17-18-19/h2-5H,12H2,1H3,(H,13,16,18,20). The van der Waals surface area contributed by atoms with E-state index in [0.717, 1.165) is 5.56 Å². The van der Waals surface area contributed by atoms with Gasteiger partial charge in [0.1, 0.15) is 0 Å². The van der Waals surface area contributed by atoms with Crippen molar-refractivity contribution in [2.45, 2.75) is 6.92 Å². The number of benzene rings is 1. The van der Waals surface area contributed by atoms with Crippen LogP contribution in [0.5, 0.6) is 0 Å². The van der Waals surface area contributed by atoms with Crippen LogP contribution in [0, 0.1) is 6.92 Å². The highest BCUT2D eigenvalue weighted by molar-refractivity contribution is 5.59. The number of aryl methyl sites for hydroxylation is 1. The van der Waals surface area contributed by atoms with Crippen molar-refractivity contribution in [3.63, 3.8) is 0 Å². The van der Waals surface area contributed by atoms with E-state index in [1.807, 2.05) is 25.1 Å². The van der Waals surface area contributed by atoms with E-state index in [4.69, 9.17) is 5.73 Å². The molecule has 0 saturated heterocycles. The Bertz CT molecular complexity index is 862. The van der Waals surface area contributed by atoms with Gasteiger partial charge in [0.15, 0.2) is 11.5 Å². The third kappa shape index (κ3) is 1.90. The van der Waals surface area contributed by atoms with Crippen LogP contribution < -0.4 is 11.3 Å². The topological polar surface area (TPSA) is 127 Å². The Morgan fingerprint density at radius 3 is 2.90 bits per heavy atom. The van der Waals surface area contributed by atoms with Crippen molar-refractivity contribution in [2.24, 2.45) is 10.2 Å². The number of aromatic nitrogens is 5. The molecular formula is C11H10N8O. The minimum absolute atomic E-state index is 0.0334. The molecule has 9 heteroatoms. The lowest BCUT2D eigenvalue weighted by Crippen LogP contribution is -2.13. The average molecular weight is 270 g/mol. The molecule has 0 aliphatic carbocycles. The van der Waals surface area contributed by atoms with Gasteiger partial charge < -0.3 is 5.73 Å². The molecule has 3 aromatic rings. The fourth-order valence-electron chi connectivity index (χ4n) is 1.68.